The van der Waals surface area contributed by atoms with Gasteiger partial charge in [0.25, 0.3) is 15.9 Å². The van der Waals surface area contributed by atoms with Crippen molar-refractivity contribution in [1.82, 2.24) is 4.98 Å². The van der Waals surface area contributed by atoms with Gasteiger partial charge >= 0.3 is 5.97 Å². The number of aryl methyl sites for hydroxylation is 1. The number of amides is 1. The molecular weight excluding hydrogens is 473 g/mol. The topological polar surface area (TPSA) is 114 Å². The van der Waals surface area contributed by atoms with E-state index in [4.69, 9.17) is 16.3 Å². The zero-order valence-electron chi connectivity index (χ0n) is 17.5. The van der Waals surface area contributed by atoms with Gasteiger partial charge in [-0.25, -0.2) is 22.6 Å². The molecule has 8 nitrogen and oxygen atoms in total. The van der Waals surface area contributed by atoms with Crippen LogP contribution in [0.15, 0.2) is 65.7 Å². The van der Waals surface area contributed by atoms with E-state index >= 15 is 0 Å². The maximum atomic E-state index is 13.4. The number of hydrogen-bond acceptors (Lipinski definition) is 6. The molecule has 1 unspecified atom stereocenters. The molecule has 172 valence electrons. The second-order valence-corrected chi connectivity index (χ2v) is 8.95. The Morgan fingerprint density at radius 3 is 2.48 bits per heavy atom. The number of rotatable bonds is 7. The van der Waals surface area contributed by atoms with Crippen LogP contribution in [-0.4, -0.2) is 31.4 Å². The first kappa shape index (κ1) is 24.1. The Bertz CT molecular complexity index is 1320. The Balaban J connectivity index is 1.77. The van der Waals surface area contributed by atoms with Crippen LogP contribution in [0.2, 0.25) is 5.15 Å². The number of pyridine rings is 1. The summed E-state index contributed by atoms with van der Waals surface area (Å²) >= 11 is 5.91. The average Bonchev–Trinajstić information content (AvgIpc) is 2.75. The summed E-state index contributed by atoms with van der Waals surface area (Å²) in [5.74, 6) is -2.16. The van der Waals surface area contributed by atoms with E-state index in [9.17, 15) is 22.4 Å². The molecule has 3 aromatic rings. The summed E-state index contributed by atoms with van der Waals surface area (Å²) in [6, 6.07) is 12.1. The van der Waals surface area contributed by atoms with Gasteiger partial charge in [0.15, 0.2) is 11.3 Å². The van der Waals surface area contributed by atoms with Crippen molar-refractivity contribution in [2.75, 3.05) is 10.0 Å². The van der Waals surface area contributed by atoms with Crippen molar-refractivity contribution in [3.63, 3.8) is 0 Å². The lowest BCUT2D eigenvalue weighted by atomic mass is 10.2. The molecule has 2 N–H and O–H groups in total. The maximum Gasteiger partial charge on any atom is 0.341 e. The van der Waals surface area contributed by atoms with Crippen molar-refractivity contribution in [2.24, 2.45) is 0 Å². The highest BCUT2D eigenvalue weighted by Crippen LogP contribution is 2.24. The molecule has 0 saturated carbocycles. The highest BCUT2D eigenvalue weighted by atomic mass is 35.5. The van der Waals surface area contributed by atoms with Gasteiger partial charge in [0.2, 0.25) is 0 Å². The van der Waals surface area contributed by atoms with Gasteiger partial charge in [0.05, 0.1) is 21.8 Å². The molecule has 11 heteroatoms. The normalized spacial score (nSPS) is 12.0. The van der Waals surface area contributed by atoms with Crippen molar-refractivity contribution in [1.29, 1.82) is 0 Å². The quantitative estimate of drug-likeness (QED) is 0.379. The Labute approximate surface area is 194 Å². The van der Waals surface area contributed by atoms with Gasteiger partial charge < -0.3 is 10.1 Å². The van der Waals surface area contributed by atoms with Crippen LogP contribution >= 0.6 is 11.6 Å². The lowest BCUT2D eigenvalue weighted by molar-refractivity contribution is -0.123. The number of hydrogen-bond donors (Lipinski definition) is 2. The van der Waals surface area contributed by atoms with Gasteiger partial charge in [-0.2, -0.15) is 0 Å². The third kappa shape index (κ3) is 5.85. The van der Waals surface area contributed by atoms with Crippen LogP contribution in [0.25, 0.3) is 0 Å². The second-order valence-electron chi connectivity index (χ2n) is 6.94. The summed E-state index contributed by atoms with van der Waals surface area (Å²) in [5, 5.41) is 2.57. The number of anilines is 2. The third-order valence-electron chi connectivity index (χ3n) is 4.49. The minimum atomic E-state index is -4.13. The SMILES string of the molecule is Cc1cc(F)ccc1S(=O)(=O)Nc1ccccc1C(=O)OC(C)C(=O)Nc1cccnc1Cl. The molecule has 1 atom stereocenters. The van der Waals surface area contributed by atoms with E-state index < -0.39 is 33.8 Å². The van der Waals surface area contributed by atoms with E-state index in [2.05, 4.69) is 15.0 Å². The molecule has 0 fully saturated rings. The monoisotopic (exact) mass is 491 g/mol. The van der Waals surface area contributed by atoms with E-state index in [1.807, 2.05) is 0 Å². The second kappa shape index (κ2) is 9.97. The number of carbonyl (C=O) groups excluding carboxylic acids is 2. The summed E-state index contributed by atoms with van der Waals surface area (Å²) in [4.78, 5) is 28.8. The Hall–Kier alpha value is -3.50. The van der Waals surface area contributed by atoms with Crippen molar-refractivity contribution in [2.45, 2.75) is 24.8 Å². The standard InChI is InChI=1S/C22H19ClFN3O5S/c1-13-12-15(24)9-10-19(13)33(30,31)27-17-7-4-3-6-16(17)22(29)32-14(2)21(28)26-18-8-5-11-25-20(18)23/h3-12,14,27H,1-2H3,(H,26,28). The van der Waals surface area contributed by atoms with Gasteiger partial charge in [0, 0.05) is 6.20 Å². The van der Waals surface area contributed by atoms with Crippen LogP contribution in [-0.2, 0) is 19.6 Å². The number of halogens is 2. The van der Waals surface area contributed by atoms with Crippen molar-refractivity contribution in [3.05, 3.63) is 82.9 Å². The van der Waals surface area contributed by atoms with Crippen LogP contribution in [0.5, 0.6) is 0 Å². The number of carbonyl (C=O) groups is 2. The summed E-state index contributed by atoms with van der Waals surface area (Å²) in [5.41, 5.74) is 0.269. The molecule has 0 aliphatic heterocycles. The smallest absolute Gasteiger partial charge is 0.341 e. The van der Waals surface area contributed by atoms with Gasteiger partial charge in [0.1, 0.15) is 5.82 Å². The fourth-order valence-electron chi connectivity index (χ4n) is 2.86. The number of benzene rings is 2. The lowest BCUT2D eigenvalue weighted by Gasteiger charge is -2.16. The molecule has 33 heavy (non-hydrogen) atoms. The average molecular weight is 492 g/mol. The van der Waals surface area contributed by atoms with Gasteiger partial charge in [-0.15, -0.1) is 0 Å². The van der Waals surface area contributed by atoms with E-state index in [1.165, 1.54) is 50.4 Å². The minimum absolute atomic E-state index is 0.0610. The molecule has 0 bridgehead atoms. The predicted molar refractivity (Wildman–Crippen MR) is 121 cm³/mol. The first-order valence-electron chi connectivity index (χ1n) is 9.59. The largest absolute Gasteiger partial charge is 0.449 e. The van der Waals surface area contributed by atoms with Gasteiger partial charge in [-0.05, 0) is 61.9 Å². The molecule has 3 rings (SSSR count). The summed E-state index contributed by atoms with van der Waals surface area (Å²) < 4.78 is 46.5. The number of esters is 1. The molecule has 0 aliphatic rings. The fourth-order valence-corrected chi connectivity index (χ4v) is 4.33. The summed E-state index contributed by atoms with van der Waals surface area (Å²) in [6.45, 7) is 2.80. The zero-order valence-corrected chi connectivity index (χ0v) is 19.1. The van der Waals surface area contributed by atoms with Crippen LogP contribution in [0.3, 0.4) is 0 Å². The van der Waals surface area contributed by atoms with E-state index in [0.717, 1.165) is 18.2 Å². The highest BCUT2D eigenvalue weighted by Gasteiger charge is 2.24. The van der Waals surface area contributed by atoms with Crippen molar-refractivity contribution < 1.29 is 27.1 Å². The van der Waals surface area contributed by atoms with Crippen molar-refractivity contribution >= 4 is 44.9 Å². The van der Waals surface area contributed by atoms with Crippen LogP contribution < -0.4 is 10.0 Å². The molecule has 0 aliphatic carbocycles. The van der Waals surface area contributed by atoms with E-state index in [1.54, 1.807) is 6.07 Å². The highest BCUT2D eigenvalue weighted by molar-refractivity contribution is 7.92. The molecule has 0 spiro atoms. The Morgan fingerprint density at radius 1 is 1.09 bits per heavy atom. The number of para-hydroxylation sites is 1. The summed E-state index contributed by atoms with van der Waals surface area (Å²) in [7, 11) is -4.13. The number of ether oxygens (including phenoxy) is 1. The molecule has 0 radical (unpaired) electrons. The third-order valence-corrected chi connectivity index (χ3v) is 6.31. The van der Waals surface area contributed by atoms with E-state index in [0.29, 0.717) is 0 Å². The fraction of sp³-hybridized carbons (Fsp3) is 0.136. The molecule has 1 aromatic heterocycles. The van der Waals surface area contributed by atoms with Crippen LogP contribution in [0.1, 0.15) is 22.8 Å². The Kier molecular flexibility index (Phi) is 7.29. The number of nitrogens with zero attached hydrogens (tertiary/aromatic N) is 1. The summed E-state index contributed by atoms with van der Waals surface area (Å²) in [6.07, 6.45) is 0.227. The van der Waals surface area contributed by atoms with Gasteiger partial charge in [-0.1, -0.05) is 23.7 Å². The van der Waals surface area contributed by atoms with Gasteiger partial charge in [-0.3, -0.25) is 9.52 Å². The minimum Gasteiger partial charge on any atom is -0.449 e. The molecule has 1 amide bonds. The zero-order chi connectivity index (χ0) is 24.2. The van der Waals surface area contributed by atoms with E-state index in [-0.39, 0.29) is 32.6 Å². The van der Waals surface area contributed by atoms with Crippen LogP contribution in [0.4, 0.5) is 15.8 Å². The first-order chi connectivity index (χ1) is 15.6. The van der Waals surface area contributed by atoms with Crippen LogP contribution in [0, 0.1) is 12.7 Å². The Morgan fingerprint density at radius 2 is 1.79 bits per heavy atom. The molecular formula is C22H19ClFN3O5S. The molecule has 2 aromatic carbocycles. The number of aromatic nitrogens is 1. The van der Waals surface area contributed by atoms with Crippen molar-refractivity contribution in [3.8, 4) is 0 Å². The lowest BCUT2D eigenvalue weighted by Crippen LogP contribution is -2.30. The number of nitrogens with one attached hydrogen (secondary N) is 2. The number of sulfonamides is 1. The first-order valence-corrected chi connectivity index (χ1v) is 11.4. The molecule has 0 saturated heterocycles. The maximum absolute atomic E-state index is 13.4. The predicted octanol–water partition coefficient (Wildman–Crippen LogP) is 4.17. The molecule has 1 heterocycles.